The summed E-state index contributed by atoms with van der Waals surface area (Å²) in [5, 5.41) is 2.34. The van der Waals surface area contributed by atoms with E-state index in [1.807, 2.05) is 0 Å². The lowest BCUT2D eigenvalue weighted by Crippen LogP contribution is -2.19. The van der Waals surface area contributed by atoms with Gasteiger partial charge in [0, 0.05) is 18.0 Å². The molecule has 1 aromatic heterocycles. The highest BCUT2D eigenvalue weighted by atomic mass is 19.4. The normalized spacial score (nSPS) is 11.2. The number of rotatable bonds is 5. The summed E-state index contributed by atoms with van der Waals surface area (Å²) in [6.45, 7) is 1.05. The molecule has 166 valence electrons. The molecule has 0 aliphatic carbocycles. The second kappa shape index (κ2) is 8.61. The van der Waals surface area contributed by atoms with Crippen LogP contribution >= 0.6 is 0 Å². The fourth-order valence-electron chi connectivity index (χ4n) is 2.87. The van der Waals surface area contributed by atoms with Crippen LogP contribution in [0.25, 0.3) is 0 Å². The number of ether oxygens (including phenoxy) is 1. The van der Waals surface area contributed by atoms with Crippen molar-refractivity contribution in [3.63, 3.8) is 0 Å². The zero-order chi connectivity index (χ0) is 23.6. The number of carbonyl (C=O) groups is 2. The SMILES string of the molecule is Cc1c(C(F)(F)F)ccc(Oc2ccc(F)cc2F)c1C(=O)Nc1ccnc(C(N)=O)c1. The van der Waals surface area contributed by atoms with Crippen molar-refractivity contribution in [3.05, 3.63) is 82.7 Å². The molecular weight excluding hydrogens is 437 g/mol. The van der Waals surface area contributed by atoms with Gasteiger partial charge in [-0.3, -0.25) is 14.6 Å². The van der Waals surface area contributed by atoms with Crippen LogP contribution in [0.3, 0.4) is 0 Å². The molecule has 0 saturated carbocycles. The molecule has 0 radical (unpaired) electrons. The predicted molar refractivity (Wildman–Crippen MR) is 103 cm³/mol. The minimum atomic E-state index is -4.78. The number of hydrogen-bond donors (Lipinski definition) is 2. The third kappa shape index (κ3) is 4.82. The first-order valence-corrected chi connectivity index (χ1v) is 8.88. The maximum atomic E-state index is 14.0. The highest BCUT2D eigenvalue weighted by Gasteiger charge is 2.35. The number of nitrogens with one attached hydrogen (secondary N) is 1. The molecule has 3 rings (SSSR count). The summed E-state index contributed by atoms with van der Waals surface area (Å²) in [7, 11) is 0. The lowest BCUT2D eigenvalue weighted by molar-refractivity contribution is -0.138. The van der Waals surface area contributed by atoms with E-state index < -0.39 is 57.8 Å². The highest BCUT2D eigenvalue weighted by Crippen LogP contribution is 2.38. The Kier molecular flexibility index (Phi) is 6.10. The van der Waals surface area contributed by atoms with Crippen molar-refractivity contribution in [1.29, 1.82) is 0 Å². The van der Waals surface area contributed by atoms with Gasteiger partial charge in [-0.1, -0.05) is 0 Å². The van der Waals surface area contributed by atoms with E-state index in [9.17, 15) is 31.5 Å². The number of nitrogens with zero attached hydrogens (tertiary/aromatic N) is 1. The molecule has 11 heteroatoms. The fraction of sp³-hybridized carbons (Fsp3) is 0.0952. The van der Waals surface area contributed by atoms with Gasteiger partial charge in [-0.2, -0.15) is 13.2 Å². The van der Waals surface area contributed by atoms with Gasteiger partial charge in [0.1, 0.15) is 17.3 Å². The van der Waals surface area contributed by atoms with Crippen molar-refractivity contribution >= 4 is 17.5 Å². The van der Waals surface area contributed by atoms with Crippen molar-refractivity contribution in [2.75, 3.05) is 5.32 Å². The van der Waals surface area contributed by atoms with Crippen LogP contribution in [0.2, 0.25) is 0 Å². The topological polar surface area (TPSA) is 94.3 Å². The van der Waals surface area contributed by atoms with Crippen LogP contribution in [0, 0.1) is 18.6 Å². The molecule has 2 amide bonds. The monoisotopic (exact) mass is 451 g/mol. The summed E-state index contributed by atoms with van der Waals surface area (Å²) in [5.74, 6) is -4.82. The molecule has 6 nitrogen and oxygen atoms in total. The molecule has 0 bridgehead atoms. The van der Waals surface area contributed by atoms with Crippen molar-refractivity contribution < 1.29 is 36.3 Å². The van der Waals surface area contributed by atoms with Crippen molar-refractivity contribution in [2.24, 2.45) is 5.73 Å². The van der Waals surface area contributed by atoms with Gasteiger partial charge in [-0.15, -0.1) is 0 Å². The average molecular weight is 451 g/mol. The number of anilines is 1. The van der Waals surface area contributed by atoms with Gasteiger partial charge in [0.05, 0.1) is 11.1 Å². The smallest absolute Gasteiger partial charge is 0.416 e. The Labute approximate surface area is 177 Å². The zero-order valence-corrected chi connectivity index (χ0v) is 16.3. The van der Waals surface area contributed by atoms with Crippen LogP contribution in [-0.2, 0) is 6.18 Å². The van der Waals surface area contributed by atoms with Gasteiger partial charge in [0.2, 0.25) is 0 Å². The van der Waals surface area contributed by atoms with E-state index >= 15 is 0 Å². The third-order valence-electron chi connectivity index (χ3n) is 4.34. The molecule has 3 N–H and O–H groups in total. The molecule has 32 heavy (non-hydrogen) atoms. The van der Waals surface area contributed by atoms with E-state index in [1.54, 1.807) is 0 Å². The molecule has 0 unspecified atom stereocenters. The number of amides is 2. The van der Waals surface area contributed by atoms with Crippen molar-refractivity contribution in [1.82, 2.24) is 4.98 Å². The van der Waals surface area contributed by atoms with E-state index in [1.165, 1.54) is 12.3 Å². The maximum Gasteiger partial charge on any atom is 0.416 e. The van der Waals surface area contributed by atoms with Crippen LogP contribution in [0.1, 0.15) is 32.0 Å². The quantitative estimate of drug-likeness (QED) is 0.544. The van der Waals surface area contributed by atoms with Gasteiger partial charge in [0.25, 0.3) is 11.8 Å². The number of pyridine rings is 1. The minimum absolute atomic E-state index is 0.0227. The molecule has 0 spiro atoms. The first kappa shape index (κ1) is 22.7. The van der Waals surface area contributed by atoms with Gasteiger partial charge in [-0.05, 0) is 48.9 Å². The van der Waals surface area contributed by atoms with E-state index in [0.717, 1.165) is 31.2 Å². The summed E-state index contributed by atoms with van der Waals surface area (Å²) < 4.78 is 72.7. The molecular formula is C21H14F5N3O3. The van der Waals surface area contributed by atoms with Crippen LogP contribution in [0.5, 0.6) is 11.5 Å². The Hall–Kier alpha value is -4.02. The standard InChI is InChI=1S/C21H14F5N3O3/c1-10-13(21(24,25)26)3-5-17(32-16-4-2-11(22)8-14(16)23)18(10)20(31)29-12-6-7-28-15(9-12)19(27)30/h2-9H,1H3,(H2,27,30)(H,28,29,31). The largest absolute Gasteiger partial charge is 0.453 e. The number of alkyl halides is 3. The number of primary amides is 1. The molecule has 3 aromatic rings. The van der Waals surface area contributed by atoms with Crippen LogP contribution in [-0.4, -0.2) is 16.8 Å². The van der Waals surface area contributed by atoms with E-state index in [0.29, 0.717) is 12.1 Å². The first-order chi connectivity index (χ1) is 15.0. The number of benzene rings is 2. The van der Waals surface area contributed by atoms with Crippen molar-refractivity contribution in [3.8, 4) is 11.5 Å². The predicted octanol–water partition coefficient (Wildman–Crippen LogP) is 4.83. The summed E-state index contributed by atoms with van der Waals surface area (Å²) >= 11 is 0. The lowest BCUT2D eigenvalue weighted by atomic mass is 10.00. The average Bonchev–Trinajstić information content (AvgIpc) is 2.69. The zero-order valence-electron chi connectivity index (χ0n) is 16.3. The van der Waals surface area contributed by atoms with Crippen LogP contribution in [0.4, 0.5) is 27.6 Å². The maximum absolute atomic E-state index is 14.0. The number of carbonyl (C=O) groups excluding carboxylic acids is 2. The first-order valence-electron chi connectivity index (χ1n) is 8.88. The summed E-state index contributed by atoms with van der Waals surface area (Å²) in [6, 6.07) is 6.29. The Balaban J connectivity index is 2.07. The number of aromatic nitrogens is 1. The van der Waals surface area contributed by atoms with Gasteiger partial charge in [-0.25, -0.2) is 8.78 Å². The fourth-order valence-corrected chi connectivity index (χ4v) is 2.87. The van der Waals surface area contributed by atoms with E-state index in [4.69, 9.17) is 10.5 Å². The Bertz CT molecular complexity index is 1210. The summed E-state index contributed by atoms with van der Waals surface area (Å²) in [5.41, 5.74) is 2.83. The molecule has 1 heterocycles. The van der Waals surface area contributed by atoms with E-state index in [2.05, 4.69) is 10.3 Å². The van der Waals surface area contributed by atoms with Gasteiger partial charge in [0.15, 0.2) is 11.6 Å². The van der Waals surface area contributed by atoms with Crippen LogP contribution < -0.4 is 15.8 Å². The van der Waals surface area contributed by atoms with Gasteiger partial charge >= 0.3 is 6.18 Å². The molecule has 0 aliphatic rings. The number of nitrogens with two attached hydrogens (primary N) is 1. The third-order valence-corrected chi connectivity index (χ3v) is 4.34. The second-order valence-corrected chi connectivity index (χ2v) is 6.53. The Morgan fingerprint density at radius 3 is 2.34 bits per heavy atom. The van der Waals surface area contributed by atoms with Gasteiger partial charge < -0.3 is 15.8 Å². The highest BCUT2D eigenvalue weighted by molar-refractivity contribution is 6.08. The number of hydrogen-bond acceptors (Lipinski definition) is 4. The summed E-state index contributed by atoms with van der Waals surface area (Å²) in [6.07, 6.45) is -3.62. The van der Waals surface area contributed by atoms with Crippen LogP contribution in [0.15, 0.2) is 48.7 Å². The summed E-state index contributed by atoms with van der Waals surface area (Å²) in [4.78, 5) is 27.9. The second-order valence-electron chi connectivity index (χ2n) is 6.53. The minimum Gasteiger partial charge on any atom is -0.453 e. The molecule has 0 saturated heterocycles. The molecule has 0 aliphatic heterocycles. The molecule has 0 atom stereocenters. The Morgan fingerprint density at radius 1 is 1.03 bits per heavy atom. The number of halogens is 5. The molecule has 2 aromatic carbocycles. The Morgan fingerprint density at radius 2 is 1.72 bits per heavy atom. The lowest BCUT2D eigenvalue weighted by Gasteiger charge is -2.18. The van der Waals surface area contributed by atoms with Crippen molar-refractivity contribution in [2.45, 2.75) is 13.1 Å². The van der Waals surface area contributed by atoms with E-state index in [-0.39, 0.29) is 11.4 Å². The molecule has 0 fully saturated rings.